The molecule has 0 spiro atoms. The van der Waals surface area contributed by atoms with Crippen molar-refractivity contribution in [1.29, 1.82) is 0 Å². The van der Waals surface area contributed by atoms with Gasteiger partial charge < -0.3 is 15.3 Å². The van der Waals surface area contributed by atoms with Crippen LogP contribution in [0.5, 0.6) is 0 Å². The van der Waals surface area contributed by atoms with Crippen LogP contribution in [-0.4, -0.2) is 41.8 Å². The van der Waals surface area contributed by atoms with Gasteiger partial charge in [-0.05, 0) is 44.9 Å². The molecule has 1 aliphatic rings. The molecular formula is C15H23N3O3. The van der Waals surface area contributed by atoms with Gasteiger partial charge in [0.2, 0.25) is 0 Å². The molecule has 6 heteroatoms. The summed E-state index contributed by atoms with van der Waals surface area (Å²) in [5.74, 6) is 0. The molecule has 1 heterocycles. The summed E-state index contributed by atoms with van der Waals surface area (Å²) in [6.07, 6.45) is 2.63. The van der Waals surface area contributed by atoms with Crippen molar-refractivity contribution < 1.29 is 10.0 Å². The highest BCUT2D eigenvalue weighted by molar-refractivity contribution is 5.51. The first-order valence-electron chi connectivity index (χ1n) is 7.47. The normalized spacial score (nSPS) is 17.7. The summed E-state index contributed by atoms with van der Waals surface area (Å²) >= 11 is 0. The van der Waals surface area contributed by atoms with Gasteiger partial charge in [0.25, 0.3) is 5.69 Å². The van der Waals surface area contributed by atoms with Crippen LogP contribution >= 0.6 is 0 Å². The Morgan fingerprint density at radius 1 is 1.38 bits per heavy atom. The molecule has 0 amide bonds. The van der Waals surface area contributed by atoms with Gasteiger partial charge in [-0.1, -0.05) is 0 Å². The van der Waals surface area contributed by atoms with Crippen molar-refractivity contribution in [3.8, 4) is 0 Å². The molecule has 21 heavy (non-hydrogen) atoms. The minimum Gasteiger partial charge on any atom is -0.393 e. The zero-order valence-electron chi connectivity index (χ0n) is 12.4. The third-order valence-corrected chi connectivity index (χ3v) is 3.92. The second kappa shape index (κ2) is 7.38. The number of hydrogen-bond acceptors (Lipinski definition) is 5. The van der Waals surface area contributed by atoms with Gasteiger partial charge >= 0.3 is 0 Å². The average Bonchev–Trinajstić information content (AvgIpc) is 2.48. The van der Waals surface area contributed by atoms with E-state index in [1.807, 2.05) is 12.1 Å². The molecule has 2 rings (SSSR count). The van der Waals surface area contributed by atoms with Crippen molar-refractivity contribution in [2.75, 3.05) is 24.5 Å². The topological polar surface area (TPSA) is 78.6 Å². The first-order chi connectivity index (χ1) is 10.1. The number of benzene rings is 1. The third kappa shape index (κ3) is 4.68. The lowest BCUT2D eigenvalue weighted by atomic mass is 10.0. The van der Waals surface area contributed by atoms with Gasteiger partial charge in [-0.15, -0.1) is 0 Å². The van der Waals surface area contributed by atoms with Gasteiger partial charge in [-0.2, -0.15) is 0 Å². The SMILES string of the molecule is CC(O)CCNC1CCN(c2ccc([N+](=O)[O-])cc2)CC1. The van der Waals surface area contributed by atoms with E-state index in [1.165, 1.54) is 0 Å². The van der Waals surface area contributed by atoms with Crippen LogP contribution in [0.3, 0.4) is 0 Å². The molecule has 0 radical (unpaired) electrons. The fourth-order valence-electron chi connectivity index (χ4n) is 2.62. The molecule has 2 N–H and O–H groups in total. The summed E-state index contributed by atoms with van der Waals surface area (Å²) in [5, 5.41) is 23.4. The Morgan fingerprint density at radius 2 is 2.00 bits per heavy atom. The summed E-state index contributed by atoms with van der Waals surface area (Å²) < 4.78 is 0. The molecule has 1 unspecified atom stereocenters. The van der Waals surface area contributed by atoms with E-state index in [-0.39, 0.29) is 16.7 Å². The largest absolute Gasteiger partial charge is 0.393 e. The molecule has 116 valence electrons. The monoisotopic (exact) mass is 293 g/mol. The zero-order valence-corrected chi connectivity index (χ0v) is 12.4. The second-order valence-corrected chi connectivity index (χ2v) is 5.63. The Hall–Kier alpha value is -1.66. The molecular weight excluding hydrogens is 270 g/mol. The highest BCUT2D eigenvalue weighted by Crippen LogP contribution is 2.22. The van der Waals surface area contributed by atoms with Crippen LogP contribution in [0.1, 0.15) is 26.2 Å². The Balaban J connectivity index is 1.79. The van der Waals surface area contributed by atoms with Gasteiger partial charge in [0.15, 0.2) is 0 Å². The smallest absolute Gasteiger partial charge is 0.269 e. The van der Waals surface area contributed by atoms with E-state index in [4.69, 9.17) is 0 Å². The molecule has 1 saturated heterocycles. The Bertz CT molecular complexity index is 454. The van der Waals surface area contributed by atoms with E-state index in [0.717, 1.165) is 44.6 Å². The summed E-state index contributed by atoms with van der Waals surface area (Å²) in [6, 6.07) is 7.25. The van der Waals surface area contributed by atoms with Crippen LogP contribution in [-0.2, 0) is 0 Å². The first kappa shape index (κ1) is 15.7. The van der Waals surface area contributed by atoms with E-state index >= 15 is 0 Å². The lowest BCUT2D eigenvalue weighted by molar-refractivity contribution is -0.384. The van der Waals surface area contributed by atoms with Crippen molar-refractivity contribution in [2.24, 2.45) is 0 Å². The van der Waals surface area contributed by atoms with E-state index in [1.54, 1.807) is 19.1 Å². The van der Waals surface area contributed by atoms with Crippen molar-refractivity contribution in [3.05, 3.63) is 34.4 Å². The highest BCUT2D eigenvalue weighted by atomic mass is 16.6. The predicted octanol–water partition coefficient (Wildman–Crippen LogP) is 1.92. The average molecular weight is 293 g/mol. The number of piperidine rings is 1. The fourth-order valence-corrected chi connectivity index (χ4v) is 2.62. The maximum Gasteiger partial charge on any atom is 0.269 e. The molecule has 0 saturated carbocycles. The Morgan fingerprint density at radius 3 is 2.52 bits per heavy atom. The van der Waals surface area contributed by atoms with Gasteiger partial charge in [0.1, 0.15) is 0 Å². The predicted molar refractivity (Wildman–Crippen MR) is 82.6 cm³/mol. The Labute approximate surface area is 124 Å². The van der Waals surface area contributed by atoms with Crippen LogP contribution in [0.15, 0.2) is 24.3 Å². The maximum atomic E-state index is 10.6. The standard InChI is InChI=1S/C15H23N3O3/c1-12(19)6-9-16-13-7-10-17(11-8-13)14-2-4-15(5-3-14)18(20)21/h2-5,12-13,16,19H,6-11H2,1H3. The molecule has 1 atom stereocenters. The molecule has 0 aliphatic carbocycles. The lowest BCUT2D eigenvalue weighted by Gasteiger charge is -2.34. The summed E-state index contributed by atoms with van der Waals surface area (Å²) in [6.45, 7) is 4.55. The summed E-state index contributed by atoms with van der Waals surface area (Å²) in [7, 11) is 0. The molecule has 1 fully saturated rings. The van der Waals surface area contributed by atoms with Gasteiger partial charge in [-0.3, -0.25) is 10.1 Å². The van der Waals surface area contributed by atoms with E-state index in [9.17, 15) is 15.2 Å². The third-order valence-electron chi connectivity index (χ3n) is 3.92. The van der Waals surface area contributed by atoms with Crippen molar-refractivity contribution in [1.82, 2.24) is 5.32 Å². The van der Waals surface area contributed by atoms with Crippen LogP contribution in [0.25, 0.3) is 0 Å². The van der Waals surface area contributed by atoms with Gasteiger partial charge in [0.05, 0.1) is 11.0 Å². The highest BCUT2D eigenvalue weighted by Gasteiger charge is 2.19. The number of anilines is 1. The van der Waals surface area contributed by atoms with Crippen LogP contribution < -0.4 is 10.2 Å². The minimum absolute atomic E-state index is 0.133. The summed E-state index contributed by atoms with van der Waals surface area (Å²) in [4.78, 5) is 12.5. The molecule has 1 aromatic carbocycles. The van der Waals surface area contributed by atoms with Crippen molar-refractivity contribution in [2.45, 2.75) is 38.3 Å². The number of nitrogens with one attached hydrogen (secondary N) is 1. The number of rotatable bonds is 6. The number of hydrogen-bond donors (Lipinski definition) is 2. The second-order valence-electron chi connectivity index (χ2n) is 5.63. The number of nitrogens with zero attached hydrogens (tertiary/aromatic N) is 2. The number of aliphatic hydroxyl groups is 1. The number of non-ortho nitro benzene ring substituents is 1. The molecule has 1 aliphatic heterocycles. The number of nitro groups is 1. The summed E-state index contributed by atoms with van der Waals surface area (Å²) in [5.41, 5.74) is 1.18. The van der Waals surface area contributed by atoms with E-state index < -0.39 is 0 Å². The van der Waals surface area contributed by atoms with Crippen LogP contribution in [0.2, 0.25) is 0 Å². The first-order valence-corrected chi connectivity index (χ1v) is 7.47. The number of nitro benzene ring substituents is 1. The van der Waals surface area contributed by atoms with E-state index in [2.05, 4.69) is 10.2 Å². The zero-order chi connectivity index (χ0) is 15.2. The van der Waals surface area contributed by atoms with Gasteiger partial charge in [0, 0.05) is 37.0 Å². The van der Waals surface area contributed by atoms with E-state index in [0.29, 0.717) is 6.04 Å². The van der Waals surface area contributed by atoms with Crippen LogP contribution in [0.4, 0.5) is 11.4 Å². The quantitative estimate of drug-likeness (QED) is 0.619. The number of aliphatic hydroxyl groups excluding tert-OH is 1. The minimum atomic E-state index is -0.373. The fraction of sp³-hybridized carbons (Fsp3) is 0.600. The van der Waals surface area contributed by atoms with Crippen LogP contribution in [0, 0.1) is 10.1 Å². The van der Waals surface area contributed by atoms with Gasteiger partial charge in [-0.25, -0.2) is 0 Å². The van der Waals surface area contributed by atoms with Crippen molar-refractivity contribution >= 4 is 11.4 Å². The molecule has 0 bridgehead atoms. The maximum absolute atomic E-state index is 10.6. The molecule has 1 aromatic rings. The van der Waals surface area contributed by atoms with Crippen molar-refractivity contribution in [3.63, 3.8) is 0 Å². The molecule has 0 aromatic heterocycles. The Kier molecular flexibility index (Phi) is 5.52. The lowest BCUT2D eigenvalue weighted by Crippen LogP contribution is -2.43. The molecule has 6 nitrogen and oxygen atoms in total.